The summed E-state index contributed by atoms with van der Waals surface area (Å²) in [4.78, 5) is 27.7. The molecular weight excluding hydrogens is 420 g/mol. The van der Waals surface area contributed by atoms with Crippen LogP contribution in [-0.2, 0) is 14.3 Å². The zero-order valence-corrected chi connectivity index (χ0v) is 19.7. The van der Waals surface area contributed by atoms with Crippen LogP contribution in [0.15, 0.2) is 54.2 Å². The fourth-order valence-corrected chi connectivity index (χ4v) is 3.50. The third kappa shape index (κ3) is 6.14. The van der Waals surface area contributed by atoms with Crippen molar-refractivity contribution in [2.75, 3.05) is 32.2 Å². The van der Waals surface area contributed by atoms with E-state index >= 15 is 0 Å². The highest BCUT2D eigenvalue weighted by atomic mass is 16.5. The van der Waals surface area contributed by atoms with Gasteiger partial charge in [0.15, 0.2) is 0 Å². The number of nitrogens with zero attached hydrogens (tertiary/aromatic N) is 1. The largest absolute Gasteiger partial charge is 0.494 e. The summed E-state index contributed by atoms with van der Waals surface area (Å²) in [5.74, 6) is 0.799. The molecule has 2 amide bonds. The van der Waals surface area contributed by atoms with Gasteiger partial charge in [-0.1, -0.05) is 19.1 Å². The fraction of sp³-hybridized carbons (Fsp3) is 0.385. The van der Waals surface area contributed by atoms with Crippen molar-refractivity contribution in [3.05, 3.63) is 59.8 Å². The minimum absolute atomic E-state index is 0.0667. The van der Waals surface area contributed by atoms with Crippen LogP contribution in [0.3, 0.4) is 0 Å². The summed E-state index contributed by atoms with van der Waals surface area (Å²) in [5, 5.41) is 3.17. The van der Waals surface area contributed by atoms with Crippen LogP contribution in [0.4, 0.5) is 5.69 Å². The number of rotatable bonds is 12. The first-order valence-corrected chi connectivity index (χ1v) is 11.3. The molecule has 0 aromatic heterocycles. The van der Waals surface area contributed by atoms with Crippen LogP contribution in [0, 0.1) is 0 Å². The van der Waals surface area contributed by atoms with Crippen molar-refractivity contribution in [2.45, 2.75) is 39.7 Å². The van der Waals surface area contributed by atoms with Gasteiger partial charge in [-0.05, 0) is 68.7 Å². The Bertz CT molecular complexity index is 981. The molecule has 7 heteroatoms. The number of carbonyl (C=O) groups excluding carboxylic acids is 2. The van der Waals surface area contributed by atoms with Crippen LogP contribution < -0.4 is 14.8 Å². The number of imide groups is 1. The molecule has 7 nitrogen and oxygen atoms in total. The summed E-state index contributed by atoms with van der Waals surface area (Å²) in [5.41, 5.74) is 1.97. The molecular formula is C26H32N2O5. The molecule has 0 saturated carbocycles. The van der Waals surface area contributed by atoms with Crippen molar-refractivity contribution in [2.24, 2.45) is 0 Å². The molecule has 1 aliphatic rings. The van der Waals surface area contributed by atoms with Crippen molar-refractivity contribution < 1.29 is 23.8 Å². The number of amides is 2. The molecule has 2 aromatic carbocycles. The maximum atomic E-state index is 13.3. The van der Waals surface area contributed by atoms with E-state index in [1.807, 2.05) is 69.3 Å². The number of hydrogen-bond acceptors (Lipinski definition) is 6. The Hall–Kier alpha value is -3.32. The van der Waals surface area contributed by atoms with Crippen LogP contribution in [0.1, 0.15) is 39.2 Å². The molecule has 0 bridgehead atoms. The Labute approximate surface area is 195 Å². The van der Waals surface area contributed by atoms with E-state index in [-0.39, 0.29) is 23.6 Å². The Balaban J connectivity index is 1.90. The third-order valence-electron chi connectivity index (χ3n) is 5.01. The molecule has 176 valence electrons. The summed E-state index contributed by atoms with van der Waals surface area (Å²) >= 11 is 0. The van der Waals surface area contributed by atoms with E-state index in [1.54, 1.807) is 7.11 Å². The normalized spacial score (nSPS) is 13.8. The number of hydrogen-bond donors (Lipinski definition) is 1. The van der Waals surface area contributed by atoms with Gasteiger partial charge >= 0.3 is 0 Å². The Kier molecular flexibility index (Phi) is 8.49. The summed E-state index contributed by atoms with van der Waals surface area (Å²) in [6, 6.07) is 14.6. The van der Waals surface area contributed by atoms with Crippen LogP contribution in [0.25, 0.3) is 5.57 Å². The topological polar surface area (TPSA) is 77.1 Å². The highest BCUT2D eigenvalue weighted by Gasteiger charge is 2.38. The van der Waals surface area contributed by atoms with Crippen LogP contribution in [-0.4, -0.2) is 49.7 Å². The lowest BCUT2D eigenvalue weighted by Gasteiger charge is -2.15. The quantitative estimate of drug-likeness (QED) is 0.378. The second kappa shape index (κ2) is 11.5. The Morgan fingerprint density at radius 1 is 0.909 bits per heavy atom. The van der Waals surface area contributed by atoms with Gasteiger partial charge in [0.05, 0.1) is 18.3 Å². The molecule has 0 fully saturated rings. The first kappa shape index (κ1) is 24.3. The second-order valence-corrected chi connectivity index (χ2v) is 8.05. The van der Waals surface area contributed by atoms with E-state index in [9.17, 15) is 9.59 Å². The average molecular weight is 453 g/mol. The van der Waals surface area contributed by atoms with Gasteiger partial charge in [0.1, 0.15) is 17.2 Å². The van der Waals surface area contributed by atoms with Crippen molar-refractivity contribution in [1.82, 2.24) is 4.90 Å². The van der Waals surface area contributed by atoms with Crippen molar-refractivity contribution in [3.63, 3.8) is 0 Å². The highest BCUT2D eigenvalue weighted by molar-refractivity contribution is 6.36. The molecule has 0 aliphatic carbocycles. The molecule has 0 spiro atoms. The summed E-state index contributed by atoms with van der Waals surface area (Å²) in [7, 11) is 1.60. The maximum absolute atomic E-state index is 13.3. The smallest absolute Gasteiger partial charge is 0.278 e. The predicted octanol–water partition coefficient (Wildman–Crippen LogP) is 4.49. The molecule has 3 rings (SSSR count). The predicted molar refractivity (Wildman–Crippen MR) is 128 cm³/mol. The highest BCUT2D eigenvalue weighted by Crippen LogP contribution is 2.32. The van der Waals surface area contributed by atoms with Gasteiger partial charge in [-0.25, -0.2) is 0 Å². The Morgan fingerprint density at radius 2 is 1.58 bits per heavy atom. The number of benzene rings is 2. The van der Waals surface area contributed by atoms with E-state index < -0.39 is 0 Å². The number of ether oxygens (including phenoxy) is 3. The van der Waals surface area contributed by atoms with E-state index in [2.05, 4.69) is 5.32 Å². The standard InChI is InChI=1S/C26H32N2O5/c1-5-16-32-21-11-7-19(8-12-21)23-24(26(30)28(25(23)29)15-6-17-31-4)27-20-9-13-22(14-10-20)33-18(2)3/h7-14,18,27H,5-6,15-17H2,1-4H3. The van der Waals surface area contributed by atoms with Crippen LogP contribution >= 0.6 is 0 Å². The SMILES string of the molecule is CCCOc1ccc(C2=C(Nc3ccc(OC(C)C)cc3)C(=O)N(CCCOC)C2=O)cc1. The summed E-state index contributed by atoms with van der Waals surface area (Å²) < 4.78 is 16.4. The summed E-state index contributed by atoms with van der Waals surface area (Å²) in [6.45, 7) is 7.34. The van der Waals surface area contributed by atoms with Gasteiger partial charge in [-0.2, -0.15) is 0 Å². The molecule has 1 aliphatic heterocycles. The van der Waals surface area contributed by atoms with Crippen LogP contribution in [0.2, 0.25) is 0 Å². The van der Waals surface area contributed by atoms with E-state index in [1.165, 1.54) is 4.90 Å². The van der Waals surface area contributed by atoms with Crippen molar-refractivity contribution in [3.8, 4) is 11.5 Å². The van der Waals surface area contributed by atoms with E-state index in [4.69, 9.17) is 14.2 Å². The fourth-order valence-electron chi connectivity index (χ4n) is 3.50. The minimum atomic E-state index is -0.347. The first-order valence-electron chi connectivity index (χ1n) is 11.3. The molecule has 1 N–H and O–H groups in total. The second-order valence-electron chi connectivity index (χ2n) is 8.05. The Morgan fingerprint density at radius 3 is 2.18 bits per heavy atom. The van der Waals surface area contributed by atoms with Crippen molar-refractivity contribution in [1.29, 1.82) is 0 Å². The molecule has 0 saturated heterocycles. The average Bonchev–Trinajstić information content (AvgIpc) is 3.03. The zero-order chi connectivity index (χ0) is 23.8. The van der Waals surface area contributed by atoms with Crippen LogP contribution in [0.5, 0.6) is 11.5 Å². The molecule has 33 heavy (non-hydrogen) atoms. The lowest BCUT2D eigenvalue weighted by Crippen LogP contribution is -2.33. The summed E-state index contributed by atoms with van der Waals surface area (Å²) in [6.07, 6.45) is 1.54. The lowest BCUT2D eigenvalue weighted by atomic mass is 10.0. The van der Waals surface area contributed by atoms with E-state index in [0.717, 1.165) is 17.9 Å². The van der Waals surface area contributed by atoms with Gasteiger partial charge < -0.3 is 19.5 Å². The monoisotopic (exact) mass is 452 g/mol. The van der Waals surface area contributed by atoms with Gasteiger partial charge in [0, 0.05) is 25.9 Å². The third-order valence-corrected chi connectivity index (χ3v) is 5.01. The van der Waals surface area contributed by atoms with Gasteiger partial charge in [-0.3, -0.25) is 14.5 Å². The van der Waals surface area contributed by atoms with Gasteiger partial charge in [0.25, 0.3) is 11.8 Å². The molecule has 0 unspecified atom stereocenters. The lowest BCUT2D eigenvalue weighted by molar-refractivity contribution is -0.137. The maximum Gasteiger partial charge on any atom is 0.278 e. The van der Waals surface area contributed by atoms with E-state index in [0.29, 0.717) is 43.0 Å². The first-order chi connectivity index (χ1) is 15.9. The molecule has 0 atom stereocenters. The number of anilines is 1. The number of nitrogens with one attached hydrogen (secondary N) is 1. The molecule has 0 radical (unpaired) electrons. The number of carbonyl (C=O) groups is 2. The molecule has 1 heterocycles. The zero-order valence-electron chi connectivity index (χ0n) is 19.7. The molecule has 2 aromatic rings. The van der Waals surface area contributed by atoms with Gasteiger partial charge in [-0.15, -0.1) is 0 Å². The number of methoxy groups -OCH3 is 1. The minimum Gasteiger partial charge on any atom is -0.494 e. The van der Waals surface area contributed by atoms with Crippen molar-refractivity contribution >= 4 is 23.1 Å². The van der Waals surface area contributed by atoms with Gasteiger partial charge in [0.2, 0.25) is 0 Å².